The predicted octanol–water partition coefficient (Wildman–Crippen LogP) is 2.41. The Morgan fingerprint density at radius 1 is 1.62 bits per heavy atom. The first kappa shape index (κ1) is 9.75. The summed E-state index contributed by atoms with van der Waals surface area (Å²) in [7, 11) is 0. The van der Waals surface area contributed by atoms with Gasteiger partial charge < -0.3 is 5.73 Å². The van der Waals surface area contributed by atoms with E-state index in [1.165, 1.54) is 18.2 Å². The maximum Gasteiger partial charge on any atom is 0.123 e. The number of allylic oxidation sites excluding steroid dienone is 1. The number of nitrogens with zero attached hydrogens (tertiary/aromatic N) is 1. The summed E-state index contributed by atoms with van der Waals surface area (Å²) in [5, 5.41) is 8.34. The molecule has 1 aromatic carbocycles. The fourth-order valence-electron chi connectivity index (χ4n) is 0.866. The molecule has 2 nitrogen and oxygen atoms in total. The Morgan fingerprint density at radius 2 is 2.31 bits per heavy atom. The van der Waals surface area contributed by atoms with Crippen molar-refractivity contribution < 1.29 is 4.39 Å². The maximum absolute atomic E-state index is 12.8. The minimum Gasteiger partial charge on any atom is -0.398 e. The molecule has 1 aromatic rings. The van der Waals surface area contributed by atoms with Crippen molar-refractivity contribution in [1.29, 1.82) is 5.26 Å². The molecule has 0 atom stereocenters. The van der Waals surface area contributed by atoms with Gasteiger partial charge in [0.05, 0.1) is 11.8 Å². The van der Waals surface area contributed by atoms with Crippen LogP contribution < -0.4 is 5.73 Å². The van der Waals surface area contributed by atoms with Crippen LogP contribution in [0.4, 0.5) is 4.39 Å². The number of halogens is 2. The fraction of sp³-hybridized carbons (Fsp3) is 0. The molecule has 0 radical (unpaired) electrons. The van der Waals surface area contributed by atoms with Crippen LogP contribution in [-0.2, 0) is 0 Å². The van der Waals surface area contributed by atoms with Gasteiger partial charge in [-0.25, -0.2) is 4.39 Å². The summed E-state index contributed by atoms with van der Waals surface area (Å²) >= 11 is 3.20. The molecule has 0 saturated carbocycles. The number of nitriles is 1. The molecule has 0 heterocycles. The smallest absolute Gasteiger partial charge is 0.123 e. The van der Waals surface area contributed by atoms with Crippen LogP contribution in [0.5, 0.6) is 0 Å². The third kappa shape index (κ3) is 2.30. The van der Waals surface area contributed by atoms with Crippen LogP contribution in [0.25, 0.3) is 5.70 Å². The van der Waals surface area contributed by atoms with E-state index in [2.05, 4.69) is 15.9 Å². The van der Waals surface area contributed by atoms with Gasteiger partial charge >= 0.3 is 0 Å². The zero-order chi connectivity index (χ0) is 9.84. The van der Waals surface area contributed by atoms with Crippen LogP contribution in [0.2, 0.25) is 0 Å². The van der Waals surface area contributed by atoms with Gasteiger partial charge in [0.2, 0.25) is 0 Å². The molecule has 0 fully saturated rings. The summed E-state index contributed by atoms with van der Waals surface area (Å²) < 4.78 is 13.4. The zero-order valence-electron chi connectivity index (χ0n) is 6.59. The van der Waals surface area contributed by atoms with E-state index in [4.69, 9.17) is 11.0 Å². The van der Waals surface area contributed by atoms with Crippen molar-refractivity contribution in [3.05, 3.63) is 40.1 Å². The van der Waals surface area contributed by atoms with Crippen molar-refractivity contribution in [2.45, 2.75) is 0 Å². The lowest BCUT2D eigenvalue weighted by atomic mass is 10.1. The molecule has 0 amide bonds. The van der Waals surface area contributed by atoms with Gasteiger partial charge in [0.25, 0.3) is 0 Å². The molecule has 0 aliphatic carbocycles. The molecule has 1 rings (SSSR count). The zero-order valence-corrected chi connectivity index (χ0v) is 8.18. The molecule has 0 saturated heterocycles. The van der Waals surface area contributed by atoms with Gasteiger partial charge in [-0.15, -0.1) is 0 Å². The van der Waals surface area contributed by atoms with Crippen LogP contribution in [-0.4, -0.2) is 0 Å². The number of benzene rings is 1. The Bertz CT molecular complexity index is 393. The van der Waals surface area contributed by atoms with E-state index in [0.29, 0.717) is 10.0 Å². The SMILES string of the molecule is N#C/C=C(/N)c1cc(F)ccc1Br. The Morgan fingerprint density at radius 3 is 2.92 bits per heavy atom. The first-order chi connectivity index (χ1) is 6.15. The Kier molecular flexibility index (Phi) is 3.04. The van der Waals surface area contributed by atoms with Gasteiger partial charge in [-0.1, -0.05) is 15.9 Å². The first-order valence-electron chi connectivity index (χ1n) is 3.46. The summed E-state index contributed by atoms with van der Waals surface area (Å²) in [6.07, 6.45) is 1.17. The molecule has 0 spiro atoms. The summed E-state index contributed by atoms with van der Waals surface area (Å²) in [5.74, 6) is -0.382. The third-order valence-corrected chi connectivity index (χ3v) is 2.15. The highest BCUT2D eigenvalue weighted by Crippen LogP contribution is 2.22. The number of hydrogen-bond donors (Lipinski definition) is 1. The highest BCUT2D eigenvalue weighted by atomic mass is 79.9. The van der Waals surface area contributed by atoms with Crippen LogP contribution in [0.1, 0.15) is 5.56 Å². The summed E-state index contributed by atoms with van der Waals surface area (Å²) in [5.41, 5.74) is 6.25. The summed E-state index contributed by atoms with van der Waals surface area (Å²) in [4.78, 5) is 0. The molecule has 0 aliphatic rings. The van der Waals surface area contributed by atoms with Crippen molar-refractivity contribution in [2.75, 3.05) is 0 Å². The first-order valence-corrected chi connectivity index (χ1v) is 4.25. The number of rotatable bonds is 1. The van der Waals surface area contributed by atoms with Gasteiger partial charge in [0.15, 0.2) is 0 Å². The predicted molar refractivity (Wildman–Crippen MR) is 51.9 cm³/mol. The van der Waals surface area contributed by atoms with Crippen molar-refractivity contribution in [2.24, 2.45) is 5.73 Å². The van der Waals surface area contributed by atoms with Gasteiger partial charge in [0.1, 0.15) is 5.82 Å². The van der Waals surface area contributed by atoms with E-state index in [0.717, 1.165) is 0 Å². The van der Waals surface area contributed by atoms with E-state index in [1.807, 2.05) is 0 Å². The molecule has 0 aliphatic heterocycles. The largest absolute Gasteiger partial charge is 0.398 e. The lowest BCUT2D eigenvalue weighted by Gasteiger charge is -2.02. The third-order valence-electron chi connectivity index (χ3n) is 1.46. The van der Waals surface area contributed by atoms with Crippen LogP contribution in [0.3, 0.4) is 0 Å². The molecule has 0 unspecified atom stereocenters. The normalized spacial score (nSPS) is 11.0. The molecule has 13 heavy (non-hydrogen) atoms. The average Bonchev–Trinajstić information content (AvgIpc) is 2.09. The molecule has 0 aromatic heterocycles. The molecule has 4 heteroatoms. The quantitative estimate of drug-likeness (QED) is 0.767. The van der Waals surface area contributed by atoms with Crippen LogP contribution >= 0.6 is 15.9 Å². The van der Waals surface area contributed by atoms with Crippen molar-refractivity contribution >= 4 is 21.6 Å². The van der Waals surface area contributed by atoms with Crippen molar-refractivity contribution in [3.63, 3.8) is 0 Å². The summed E-state index contributed by atoms with van der Waals surface area (Å²) in [6, 6.07) is 5.91. The van der Waals surface area contributed by atoms with Gasteiger partial charge in [-0.05, 0) is 18.2 Å². The van der Waals surface area contributed by atoms with Crippen molar-refractivity contribution in [3.8, 4) is 6.07 Å². The second-order valence-corrected chi connectivity index (χ2v) is 3.21. The topological polar surface area (TPSA) is 49.8 Å². The van der Waals surface area contributed by atoms with E-state index in [1.54, 1.807) is 12.1 Å². The molecule has 0 bridgehead atoms. The second-order valence-electron chi connectivity index (χ2n) is 2.35. The van der Waals surface area contributed by atoms with Gasteiger partial charge in [-0.3, -0.25) is 0 Å². The van der Waals surface area contributed by atoms with Crippen LogP contribution in [0.15, 0.2) is 28.7 Å². The highest BCUT2D eigenvalue weighted by molar-refractivity contribution is 9.10. The van der Waals surface area contributed by atoms with E-state index in [9.17, 15) is 4.39 Å². The van der Waals surface area contributed by atoms with Crippen LogP contribution in [0, 0.1) is 17.1 Å². The monoisotopic (exact) mass is 240 g/mol. The Balaban J connectivity index is 3.22. The number of nitrogens with two attached hydrogens (primary N) is 1. The fourth-order valence-corrected chi connectivity index (χ4v) is 1.34. The second kappa shape index (κ2) is 4.06. The number of hydrogen-bond acceptors (Lipinski definition) is 2. The standard InChI is InChI=1S/C9H6BrFN2/c10-8-2-1-6(11)5-7(8)9(13)3-4-12/h1-3,5H,13H2/b9-3+. The lowest BCUT2D eigenvalue weighted by Crippen LogP contribution is -1.97. The minimum atomic E-state index is -0.382. The molecular weight excluding hydrogens is 235 g/mol. The Hall–Kier alpha value is -1.34. The molecule has 66 valence electrons. The molecular formula is C9H6BrFN2. The Labute approximate surface area is 83.6 Å². The summed E-state index contributed by atoms with van der Waals surface area (Å²) in [6.45, 7) is 0. The van der Waals surface area contributed by atoms with Gasteiger partial charge in [-0.2, -0.15) is 5.26 Å². The van der Waals surface area contributed by atoms with Gasteiger partial charge in [0, 0.05) is 16.1 Å². The van der Waals surface area contributed by atoms with E-state index >= 15 is 0 Å². The highest BCUT2D eigenvalue weighted by Gasteiger charge is 2.03. The van der Waals surface area contributed by atoms with E-state index < -0.39 is 0 Å². The minimum absolute atomic E-state index is 0.244. The average molecular weight is 241 g/mol. The lowest BCUT2D eigenvalue weighted by molar-refractivity contribution is 0.627. The maximum atomic E-state index is 12.8. The van der Waals surface area contributed by atoms with E-state index in [-0.39, 0.29) is 11.5 Å². The van der Waals surface area contributed by atoms with Crippen molar-refractivity contribution in [1.82, 2.24) is 0 Å². The molecule has 2 N–H and O–H groups in total.